The largest absolute Gasteiger partial charge is 0.393 e. The minimum atomic E-state index is -0.308. The topological polar surface area (TPSA) is 57.6 Å². The van der Waals surface area contributed by atoms with Gasteiger partial charge in [-0.15, -0.1) is 0 Å². The SMILES string of the molecule is CCC(O)CCCN1C(=O)CCCCC1=O. The number of carbonyl (C=O) groups is 2. The molecule has 1 rings (SSSR count). The van der Waals surface area contributed by atoms with Gasteiger partial charge < -0.3 is 5.11 Å². The highest BCUT2D eigenvalue weighted by Gasteiger charge is 2.23. The molecular formula is C12H21NO3. The lowest BCUT2D eigenvalue weighted by Crippen LogP contribution is -2.36. The van der Waals surface area contributed by atoms with Crippen LogP contribution in [0, 0.1) is 0 Å². The van der Waals surface area contributed by atoms with Crippen LogP contribution in [0.5, 0.6) is 0 Å². The molecule has 0 saturated carbocycles. The maximum atomic E-state index is 11.6. The Balaban J connectivity index is 2.37. The zero-order valence-corrected chi connectivity index (χ0v) is 9.95. The van der Waals surface area contributed by atoms with Gasteiger partial charge in [0.15, 0.2) is 0 Å². The summed E-state index contributed by atoms with van der Waals surface area (Å²) in [7, 11) is 0. The van der Waals surface area contributed by atoms with E-state index in [0.717, 1.165) is 19.3 Å². The zero-order chi connectivity index (χ0) is 12.0. The summed E-state index contributed by atoms with van der Waals surface area (Å²) >= 11 is 0. The lowest BCUT2D eigenvalue weighted by atomic mass is 10.1. The van der Waals surface area contributed by atoms with Crippen LogP contribution in [0.4, 0.5) is 0 Å². The van der Waals surface area contributed by atoms with Crippen LogP contribution in [0.15, 0.2) is 0 Å². The van der Waals surface area contributed by atoms with Gasteiger partial charge in [0.2, 0.25) is 11.8 Å². The zero-order valence-electron chi connectivity index (χ0n) is 9.95. The van der Waals surface area contributed by atoms with Crippen molar-refractivity contribution in [3.05, 3.63) is 0 Å². The molecule has 0 aromatic carbocycles. The van der Waals surface area contributed by atoms with Gasteiger partial charge in [0.1, 0.15) is 0 Å². The van der Waals surface area contributed by atoms with Crippen molar-refractivity contribution in [1.29, 1.82) is 0 Å². The second kappa shape index (κ2) is 6.63. The number of aliphatic hydroxyl groups excluding tert-OH is 1. The highest BCUT2D eigenvalue weighted by atomic mass is 16.3. The second-order valence-electron chi connectivity index (χ2n) is 4.35. The molecule has 4 nitrogen and oxygen atoms in total. The third-order valence-electron chi connectivity index (χ3n) is 3.02. The standard InChI is InChI=1S/C12H21NO3/c1-2-10(14)6-5-9-13-11(15)7-3-4-8-12(13)16/h10,14H,2-9H2,1H3. The summed E-state index contributed by atoms with van der Waals surface area (Å²) in [5.74, 6) is -0.0954. The fraction of sp³-hybridized carbons (Fsp3) is 0.833. The van der Waals surface area contributed by atoms with E-state index in [1.165, 1.54) is 4.90 Å². The first-order chi connectivity index (χ1) is 7.65. The molecule has 1 unspecified atom stereocenters. The Morgan fingerprint density at radius 2 is 1.81 bits per heavy atom. The summed E-state index contributed by atoms with van der Waals surface area (Å²) in [6.07, 6.45) is 4.39. The first kappa shape index (κ1) is 13.2. The van der Waals surface area contributed by atoms with E-state index in [0.29, 0.717) is 32.2 Å². The molecule has 4 heteroatoms. The number of hydrogen-bond acceptors (Lipinski definition) is 3. The lowest BCUT2D eigenvalue weighted by Gasteiger charge is -2.19. The third kappa shape index (κ3) is 3.93. The van der Waals surface area contributed by atoms with Crippen molar-refractivity contribution >= 4 is 11.8 Å². The van der Waals surface area contributed by atoms with E-state index in [2.05, 4.69) is 0 Å². The summed E-state index contributed by atoms with van der Waals surface area (Å²) in [5.41, 5.74) is 0. The smallest absolute Gasteiger partial charge is 0.229 e. The summed E-state index contributed by atoms with van der Waals surface area (Å²) in [4.78, 5) is 24.6. The minimum absolute atomic E-state index is 0.0477. The molecule has 1 saturated heterocycles. The van der Waals surface area contributed by atoms with Gasteiger partial charge in [0.05, 0.1) is 6.10 Å². The van der Waals surface area contributed by atoms with E-state index >= 15 is 0 Å². The molecule has 1 fully saturated rings. The van der Waals surface area contributed by atoms with Gasteiger partial charge in [-0.25, -0.2) is 0 Å². The van der Waals surface area contributed by atoms with Gasteiger partial charge in [-0.2, -0.15) is 0 Å². The molecule has 0 spiro atoms. The predicted molar refractivity (Wildman–Crippen MR) is 60.7 cm³/mol. The summed E-state index contributed by atoms with van der Waals surface area (Å²) < 4.78 is 0. The van der Waals surface area contributed by atoms with Crippen molar-refractivity contribution in [3.8, 4) is 0 Å². The van der Waals surface area contributed by atoms with Crippen LogP contribution in [-0.2, 0) is 9.59 Å². The minimum Gasteiger partial charge on any atom is -0.393 e. The molecule has 1 heterocycles. The van der Waals surface area contributed by atoms with Crippen molar-refractivity contribution < 1.29 is 14.7 Å². The Morgan fingerprint density at radius 1 is 1.25 bits per heavy atom. The highest BCUT2D eigenvalue weighted by molar-refractivity contribution is 5.95. The summed E-state index contributed by atoms with van der Waals surface area (Å²) in [6, 6.07) is 0. The number of imide groups is 1. The maximum absolute atomic E-state index is 11.6. The Kier molecular flexibility index (Phi) is 5.46. The first-order valence-corrected chi connectivity index (χ1v) is 6.16. The molecule has 0 aromatic rings. The van der Waals surface area contributed by atoms with E-state index in [1.54, 1.807) is 0 Å². The predicted octanol–water partition coefficient (Wildman–Crippen LogP) is 1.47. The summed E-state index contributed by atoms with van der Waals surface area (Å²) in [6.45, 7) is 2.39. The highest BCUT2D eigenvalue weighted by Crippen LogP contribution is 2.13. The molecule has 1 aliphatic heterocycles. The van der Waals surface area contributed by atoms with Crippen molar-refractivity contribution in [2.75, 3.05) is 6.54 Å². The van der Waals surface area contributed by atoms with E-state index in [-0.39, 0.29) is 17.9 Å². The number of likely N-dealkylation sites (tertiary alicyclic amines) is 1. The quantitative estimate of drug-likeness (QED) is 0.723. The Morgan fingerprint density at radius 3 is 2.31 bits per heavy atom. The number of carbonyl (C=O) groups excluding carboxylic acids is 2. The number of rotatable bonds is 5. The van der Waals surface area contributed by atoms with E-state index in [9.17, 15) is 14.7 Å². The molecule has 0 aromatic heterocycles. The van der Waals surface area contributed by atoms with E-state index < -0.39 is 0 Å². The molecule has 2 amide bonds. The van der Waals surface area contributed by atoms with Crippen LogP contribution >= 0.6 is 0 Å². The van der Waals surface area contributed by atoms with E-state index in [1.807, 2.05) is 6.92 Å². The third-order valence-corrected chi connectivity index (χ3v) is 3.02. The number of aliphatic hydroxyl groups is 1. The Hall–Kier alpha value is -0.900. The monoisotopic (exact) mass is 227 g/mol. The van der Waals surface area contributed by atoms with Crippen LogP contribution < -0.4 is 0 Å². The lowest BCUT2D eigenvalue weighted by molar-refractivity contribution is -0.143. The normalized spacial score (nSPS) is 19.8. The van der Waals surface area contributed by atoms with Gasteiger partial charge in [-0.1, -0.05) is 6.92 Å². The Bertz CT molecular complexity index is 235. The molecule has 1 N–H and O–H groups in total. The molecule has 0 radical (unpaired) electrons. The van der Waals surface area contributed by atoms with Gasteiger partial charge in [0.25, 0.3) is 0 Å². The van der Waals surface area contributed by atoms with Crippen molar-refractivity contribution in [3.63, 3.8) is 0 Å². The van der Waals surface area contributed by atoms with Crippen molar-refractivity contribution in [1.82, 2.24) is 4.90 Å². The number of hydrogen-bond donors (Lipinski definition) is 1. The number of nitrogens with zero attached hydrogens (tertiary/aromatic N) is 1. The fourth-order valence-corrected chi connectivity index (χ4v) is 1.90. The van der Waals surface area contributed by atoms with Crippen molar-refractivity contribution in [2.24, 2.45) is 0 Å². The van der Waals surface area contributed by atoms with Gasteiger partial charge in [-0.3, -0.25) is 14.5 Å². The van der Waals surface area contributed by atoms with Crippen LogP contribution in [0.2, 0.25) is 0 Å². The van der Waals surface area contributed by atoms with Crippen LogP contribution in [0.25, 0.3) is 0 Å². The molecule has 92 valence electrons. The molecule has 1 aliphatic rings. The van der Waals surface area contributed by atoms with E-state index in [4.69, 9.17) is 0 Å². The molecule has 0 bridgehead atoms. The summed E-state index contributed by atoms with van der Waals surface area (Å²) in [5, 5.41) is 9.39. The average molecular weight is 227 g/mol. The molecule has 16 heavy (non-hydrogen) atoms. The van der Waals surface area contributed by atoms with Gasteiger partial charge in [0, 0.05) is 19.4 Å². The molecule has 0 aliphatic carbocycles. The van der Waals surface area contributed by atoms with Crippen LogP contribution in [0.3, 0.4) is 0 Å². The molecular weight excluding hydrogens is 206 g/mol. The van der Waals surface area contributed by atoms with Gasteiger partial charge in [-0.05, 0) is 32.1 Å². The maximum Gasteiger partial charge on any atom is 0.229 e. The number of amides is 2. The van der Waals surface area contributed by atoms with Crippen LogP contribution in [0.1, 0.15) is 51.9 Å². The van der Waals surface area contributed by atoms with Gasteiger partial charge >= 0.3 is 0 Å². The second-order valence-corrected chi connectivity index (χ2v) is 4.35. The van der Waals surface area contributed by atoms with Crippen LogP contribution in [-0.4, -0.2) is 34.5 Å². The average Bonchev–Trinajstić information content (AvgIpc) is 2.43. The molecule has 1 atom stereocenters. The Labute approximate surface area is 96.6 Å². The van der Waals surface area contributed by atoms with Crippen molar-refractivity contribution in [2.45, 2.75) is 58.0 Å². The first-order valence-electron chi connectivity index (χ1n) is 6.16. The fourth-order valence-electron chi connectivity index (χ4n) is 1.90.